The molecule has 0 amide bonds. The predicted molar refractivity (Wildman–Crippen MR) is 81.3 cm³/mol. The van der Waals surface area contributed by atoms with Crippen molar-refractivity contribution < 1.29 is 22.7 Å². The molecule has 122 valence electrons. The number of nitrogens with zero attached hydrogens (tertiary/aromatic N) is 1. The Morgan fingerprint density at radius 3 is 2.55 bits per heavy atom. The molecular weight excluding hydrogens is 306 g/mol. The Bertz CT molecular complexity index is 635. The number of benzene rings is 1. The maximum Gasteiger partial charge on any atom is 0.343 e. The minimum absolute atomic E-state index is 0.193. The molecule has 1 aliphatic rings. The van der Waals surface area contributed by atoms with E-state index < -0.39 is 16.0 Å². The molecule has 0 bridgehead atoms. The van der Waals surface area contributed by atoms with E-state index in [9.17, 15) is 13.2 Å². The third kappa shape index (κ3) is 3.59. The highest BCUT2D eigenvalue weighted by Crippen LogP contribution is 2.27. The molecule has 0 unspecified atom stereocenters. The first-order chi connectivity index (χ1) is 10.5. The van der Waals surface area contributed by atoms with Crippen LogP contribution in [0.25, 0.3) is 0 Å². The fourth-order valence-corrected chi connectivity index (χ4v) is 3.97. The highest BCUT2D eigenvalue weighted by atomic mass is 32.2. The smallest absolute Gasteiger partial charge is 0.343 e. The lowest BCUT2D eigenvalue weighted by atomic mass is 10.1. The first-order valence-electron chi connectivity index (χ1n) is 7.31. The molecular formula is C15H21NO5S. The molecule has 1 aromatic carbocycles. The number of hydrogen-bond acceptors (Lipinski definition) is 5. The zero-order chi connectivity index (χ0) is 16.2. The lowest BCUT2D eigenvalue weighted by molar-refractivity contribution is -0.142. The van der Waals surface area contributed by atoms with Crippen LogP contribution in [0.4, 0.5) is 0 Å². The van der Waals surface area contributed by atoms with Crippen molar-refractivity contribution in [2.45, 2.75) is 31.1 Å². The quantitative estimate of drug-likeness (QED) is 0.742. The Labute approximate surface area is 131 Å². The second-order valence-corrected chi connectivity index (χ2v) is 7.04. The van der Waals surface area contributed by atoms with Crippen LogP contribution in [-0.4, -0.2) is 45.5 Å². The number of sulfonamides is 1. The van der Waals surface area contributed by atoms with Gasteiger partial charge in [-0.1, -0.05) is 6.92 Å². The molecule has 0 aliphatic carbocycles. The molecule has 22 heavy (non-hydrogen) atoms. The number of carbonyl (C=O) groups is 1. The first kappa shape index (κ1) is 16.8. The van der Waals surface area contributed by atoms with E-state index >= 15 is 0 Å². The van der Waals surface area contributed by atoms with E-state index in [0.717, 1.165) is 18.4 Å². The average Bonchev–Trinajstić information content (AvgIpc) is 3.07. The van der Waals surface area contributed by atoms with Gasteiger partial charge >= 0.3 is 5.97 Å². The summed E-state index contributed by atoms with van der Waals surface area (Å²) in [5.41, 5.74) is 0.754. The van der Waals surface area contributed by atoms with Crippen LogP contribution in [0, 0.1) is 0 Å². The molecule has 1 fully saturated rings. The molecule has 7 heteroatoms. The number of methoxy groups -OCH3 is 1. The van der Waals surface area contributed by atoms with Crippen molar-refractivity contribution in [3.05, 3.63) is 23.8 Å². The van der Waals surface area contributed by atoms with Crippen LogP contribution in [0.2, 0.25) is 0 Å². The van der Waals surface area contributed by atoms with Crippen LogP contribution in [0.1, 0.15) is 25.3 Å². The summed E-state index contributed by atoms with van der Waals surface area (Å²) in [6, 6.07) is 4.75. The maximum atomic E-state index is 12.5. The molecule has 0 aromatic heterocycles. The fraction of sp³-hybridized carbons (Fsp3) is 0.533. The number of esters is 1. The topological polar surface area (TPSA) is 72.9 Å². The molecule has 1 heterocycles. The van der Waals surface area contributed by atoms with E-state index in [2.05, 4.69) is 4.74 Å². The van der Waals surface area contributed by atoms with Crippen LogP contribution in [0.3, 0.4) is 0 Å². The number of hydrogen-bond donors (Lipinski definition) is 0. The summed E-state index contributed by atoms with van der Waals surface area (Å²) < 4.78 is 36.5. The van der Waals surface area contributed by atoms with Gasteiger partial charge in [-0.05, 0) is 43.0 Å². The molecule has 1 saturated heterocycles. The van der Waals surface area contributed by atoms with Gasteiger partial charge in [-0.2, -0.15) is 4.31 Å². The average molecular weight is 327 g/mol. The largest absolute Gasteiger partial charge is 0.482 e. The summed E-state index contributed by atoms with van der Waals surface area (Å²) in [4.78, 5) is 11.4. The summed E-state index contributed by atoms with van der Waals surface area (Å²) in [5, 5.41) is 0. The molecule has 0 atom stereocenters. The van der Waals surface area contributed by atoms with Crippen molar-refractivity contribution in [2.24, 2.45) is 0 Å². The number of carbonyl (C=O) groups excluding carboxylic acids is 1. The van der Waals surface area contributed by atoms with E-state index in [1.165, 1.54) is 17.5 Å². The van der Waals surface area contributed by atoms with Crippen molar-refractivity contribution in [2.75, 3.05) is 26.8 Å². The van der Waals surface area contributed by atoms with E-state index in [4.69, 9.17) is 4.74 Å². The molecule has 0 radical (unpaired) electrons. The minimum Gasteiger partial charge on any atom is -0.482 e. The van der Waals surface area contributed by atoms with Gasteiger partial charge in [0.1, 0.15) is 5.75 Å². The van der Waals surface area contributed by atoms with Gasteiger partial charge in [-0.25, -0.2) is 13.2 Å². The highest BCUT2D eigenvalue weighted by Gasteiger charge is 2.27. The second-order valence-electron chi connectivity index (χ2n) is 5.10. The molecule has 1 aromatic rings. The van der Waals surface area contributed by atoms with Crippen molar-refractivity contribution in [1.82, 2.24) is 4.31 Å². The van der Waals surface area contributed by atoms with E-state index in [0.29, 0.717) is 25.3 Å². The van der Waals surface area contributed by atoms with Crippen LogP contribution >= 0.6 is 0 Å². The normalized spacial score (nSPS) is 15.7. The summed E-state index contributed by atoms with van der Waals surface area (Å²) in [5.74, 6) is 0.0316. The number of rotatable bonds is 6. The maximum absolute atomic E-state index is 12.5. The summed E-state index contributed by atoms with van der Waals surface area (Å²) in [7, 11) is -2.15. The van der Waals surface area contributed by atoms with Crippen molar-refractivity contribution in [1.29, 1.82) is 0 Å². The van der Waals surface area contributed by atoms with Gasteiger partial charge in [-0.3, -0.25) is 0 Å². The van der Waals surface area contributed by atoms with Gasteiger partial charge in [0.25, 0.3) is 0 Å². The Hall–Kier alpha value is -1.60. The standard InChI is InChI=1S/C15H21NO5S/c1-3-12-10-13(22(18,19)16-8-4-5-9-16)6-7-14(12)21-11-15(17)20-2/h6-7,10H,3-5,8-9,11H2,1-2H3. The van der Waals surface area contributed by atoms with Crippen molar-refractivity contribution in [3.8, 4) is 5.75 Å². The van der Waals surface area contributed by atoms with Gasteiger partial charge < -0.3 is 9.47 Å². The molecule has 0 N–H and O–H groups in total. The Kier molecular flexibility index (Phi) is 5.42. The third-order valence-corrected chi connectivity index (χ3v) is 5.58. The summed E-state index contributed by atoms with van der Waals surface area (Å²) in [6.45, 7) is 2.86. The van der Waals surface area contributed by atoms with Crippen LogP contribution < -0.4 is 4.74 Å². The zero-order valence-corrected chi connectivity index (χ0v) is 13.7. The van der Waals surface area contributed by atoms with E-state index in [1.54, 1.807) is 12.1 Å². The monoisotopic (exact) mass is 327 g/mol. The summed E-state index contributed by atoms with van der Waals surface area (Å²) >= 11 is 0. The molecule has 0 spiro atoms. The molecule has 1 aliphatic heterocycles. The fourth-order valence-electron chi connectivity index (χ4n) is 2.41. The molecule has 0 saturated carbocycles. The van der Waals surface area contributed by atoms with Gasteiger partial charge in [0.05, 0.1) is 12.0 Å². The van der Waals surface area contributed by atoms with Crippen LogP contribution in [0.15, 0.2) is 23.1 Å². The second kappa shape index (κ2) is 7.11. The van der Waals surface area contributed by atoms with Crippen LogP contribution in [0.5, 0.6) is 5.75 Å². The van der Waals surface area contributed by atoms with Gasteiger partial charge in [0.2, 0.25) is 10.0 Å². The zero-order valence-electron chi connectivity index (χ0n) is 12.9. The summed E-state index contributed by atoms with van der Waals surface area (Å²) in [6.07, 6.45) is 2.42. The third-order valence-electron chi connectivity index (χ3n) is 3.69. The first-order valence-corrected chi connectivity index (χ1v) is 8.75. The SMILES string of the molecule is CCc1cc(S(=O)(=O)N2CCCC2)ccc1OCC(=O)OC. The van der Waals surface area contributed by atoms with Crippen molar-refractivity contribution in [3.63, 3.8) is 0 Å². The van der Waals surface area contributed by atoms with E-state index in [-0.39, 0.29) is 11.5 Å². The predicted octanol–water partition coefficient (Wildman–Crippen LogP) is 1.59. The molecule has 6 nitrogen and oxygen atoms in total. The molecule has 2 rings (SSSR count). The number of aryl methyl sites for hydroxylation is 1. The van der Waals surface area contributed by atoms with E-state index in [1.807, 2.05) is 6.92 Å². The van der Waals surface area contributed by atoms with Gasteiger partial charge in [-0.15, -0.1) is 0 Å². The Balaban J connectivity index is 2.23. The van der Waals surface area contributed by atoms with Crippen molar-refractivity contribution >= 4 is 16.0 Å². The minimum atomic E-state index is -3.44. The Morgan fingerprint density at radius 1 is 1.27 bits per heavy atom. The van der Waals surface area contributed by atoms with Gasteiger partial charge in [0, 0.05) is 13.1 Å². The van der Waals surface area contributed by atoms with Gasteiger partial charge in [0.15, 0.2) is 6.61 Å². The number of ether oxygens (including phenoxy) is 2. The Morgan fingerprint density at radius 2 is 1.95 bits per heavy atom. The highest BCUT2D eigenvalue weighted by molar-refractivity contribution is 7.89. The lowest BCUT2D eigenvalue weighted by Crippen LogP contribution is -2.28. The van der Waals surface area contributed by atoms with Crippen LogP contribution in [-0.2, 0) is 26.0 Å². The lowest BCUT2D eigenvalue weighted by Gasteiger charge is -2.17.